The molecule has 0 aliphatic heterocycles. The Morgan fingerprint density at radius 3 is 2.18 bits per heavy atom. The van der Waals surface area contributed by atoms with Gasteiger partial charge in [0.1, 0.15) is 5.75 Å². The van der Waals surface area contributed by atoms with Crippen molar-refractivity contribution in [3.05, 3.63) is 66.2 Å². The number of hydrogen-bond acceptors (Lipinski definition) is 4. The number of hydrogen-bond donors (Lipinski definition) is 1. The van der Waals surface area contributed by atoms with E-state index in [2.05, 4.69) is 5.32 Å². The summed E-state index contributed by atoms with van der Waals surface area (Å²) in [5.41, 5.74) is 0.708. The van der Waals surface area contributed by atoms with E-state index in [1.54, 1.807) is 48.5 Å². The Labute approximate surface area is 128 Å². The number of benzene rings is 2. The Balaban J connectivity index is 1.95. The second kappa shape index (κ2) is 7.83. The Morgan fingerprint density at radius 1 is 1.00 bits per heavy atom. The summed E-state index contributed by atoms with van der Waals surface area (Å²) in [7, 11) is 0. The summed E-state index contributed by atoms with van der Waals surface area (Å²) in [4.78, 5) is 22.8. The summed E-state index contributed by atoms with van der Waals surface area (Å²) < 4.78 is 5.33. The molecule has 1 amide bonds. The Morgan fingerprint density at radius 2 is 1.59 bits per heavy atom. The minimum absolute atomic E-state index is 0.180. The standard InChI is InChI=1S/C17H17NO4/c19-16(12-22-14-9-5-2-6-10-14)18-15(11-17(20)21)13-7-3-1-4-8-13/h1-10,15H,11-12H2,(H,18,19)(H,20,21)/p-1/t15-/m0/s1. The number of rotatable bonds is 7. The van der Waals surface area contributed by atoms with E-state index in [-0.39, 0.29) is 18.9 Å². The van der Waals surface area contributed by atoms with Crippen LogP contribution >= 0.6 is 0 Å². The van der Waals surface area contributed by atoms with Gasteiger partial charge in [0.2, 0.25) is 0 Å². The zero-order valence-corrected chi connectivity index (χ0v) is 11.9. The van der Waals surface area contributed by atoms with E-state index in [4.69, 9.17) is 4.74 Å². The van der Waals surface area contributed by atoms with Gasteiger partial charge in [0.05, 0.1) is 6.04 Å². The molecule has 5 nitrogen and oxygen atoms in total. The van der Waals surface area contributed by atoms with Gasteiger partial charge in [-0.2, -0.15) is 0 Å². The lowest BCUT2D eigenvalue weighted by molar-refractivity contribution is -0.306. The normalized spacial score (nSPS) is 11.5. The lowest BCUT2D eigenvalue weighted by Crippen LogP contribution is -2.36. The van der Waals surface area contributed by atoms with Gasteiger partial charge in [-0.05, 0) is 17.7 Å². The van der Waals surface area contributed by atoms with E-state index in [0.717, 1.165) is 0 Å². The van der Waals surface area contributed by atoms with Gasteiger partial charge in [-0.1, -0.05) is 48.5 Å². The van der Waals surface area contributed by atoms with E-state index in [0.29, 0.717) is 11.3 Å². The molecular weight excluding hydrogens is 282 g/mol. The summed E-state index contributed by atoms with van der Waals surface area (Å²) >= 11 is 0. The highest BCUT2D eigenvalue weighted by molar-refractivity contribution is 5.79. The number of carboxylic acid groups (broad SMARTS) is 1. The monoisotopic (exact) mass is 298 g/mol. The number of carboxylic acids is 1. The molecule has 0 heterocycles. The van der Waals surface area contributed by atoms with Crippen molar-refractivity contribution < 1.29 is 19.4 Å². The molecule has 0 radical (unpaired) electrons. The molecule has 0 saturated heterocycles. The number of nitrogens with one attached hydrogen (secondary N) is 1. The number of carbonyl (C=O) groups is 2. The third-order valence-electron chi connectivity index (χ3n) is 3.02. The van der Waals surface area contributed by atoms with Crippen LogP contribution in [-0.4, -0.2) is 18.5 Å². The van der Waals surface area contributed by atoms with Crippen molar-refractivity contribution >= 4 is 11.9 Å². The molecule has 0 bridgehead atoms. The second-order valence-electron chi connectivity index (χ2n) is 4.71. The minimum Gasteiger partial charge on any atom is -0.550 e. The molecule has 2 aromatic rings. The molecular formula is C17H16NO4-. The molecule has 0 fully saturated rings. The van der Waals surface area contributed by atoms with Crippen LogP contribution in [0.4, 0.5) is 0 Å². The maximum absolute atomic E-state index is 11.9. The molecule has 5 heteroatoms. The summed E-state index contributed by atoms with van der Waals surface area (Å²) in [6, 6.07) is 17.2. The Bertz CT molecular complexity index is 613. The SMILES string of the molecule is O=C([O-])C[C@H](NC(=O)COc1ccccc1)c1ccccc1. The second-order valence-corrected chi connectivity index (χ2v) is 4.71. The van der Waals surface area contributed by atoms with Crippen molar-refractivity contribution in [1.29, 1.82) is 0 Å². The molecule has 2 rings (SSSR count). The third kappa shape index (κ3) is 4.94. The van der Waals surface area contributed by atoms with Crippen LogP contribution in [0.15, 0.2) is 60.7 Å². The predicted octanol–water partition coefficient (Wildman–Crippen LogP) is 1.06. The largest absolute Gasteiger partial charge is 0.550 e. The average molecular weight is 298 g/mol. The van der Waals surface area contributed by atoms with Crippen molar-refractivity contribution in [2.24, 2.45) is 0 Å². The number of carbonyl (C=O) groups excluding carboxylic acids is 2. The summed E-state index contributed by atoms with van der Waals surface area (Å²) in [6.07, 6.45) is -0.291. The first kappa shape index (κ1) is 15.6. The molecule has 0 aliphatic rings. The van der Waals surface area contributed by atoms with Gasteiger partial charge in [0.25, 0.3) is 5.91 Å². The maximum atomic E-state index is 11.9. The fourth-order valence-electron chi connectivity index (χ4n) is 2.01. The van der Waals surface area contributed by atoms with Gasteiger partial charge >= 0.3 is 0 Å². The number of aliphatic carboxylic acids is 1. The molecule has 0 aliphatic carbocycles. The van der Waals surface area contributed by atoms with E-state index in [1.165, 1.54) is 0 Å². The summed E-state index contributed by atoms with van der Waals surface area (Å²) in [6.45, 7) is -0.180. The smallest absolute Gasteiger partial charge is 0.258 e. The number of amides is 1. The van der Waals surface area contributed by atoms with Crippen molar-refractivity contribution in [3.63, 3.8) is 0 Å². The van der Waals surface area contributed by atoms with Crippen LogP contribution in [0.5, 0.6) is 5.75 Å². The summed E-state index contributed by atoms with van der Waals surface area (Å²) in [5, 5.41) is 13.5. The number of ether oxygens (including phenoxy) is 1. The number of para-hydroxylation sites is 1. The first-order chi connectivity index (χ1) is 10.6. The molecule has 1 atom stereocenters. The van der Waals surface area contributed by atoms with Gasteiger partial charge in [-0.25, -0.2) is 0 Å². The summed E-state index contributed by atoms with van der Waals surface area (Å²) in [5.74, 6) is -1.04. The topological polar surface area (TPSA) is 78.5 Å². The van der Waals surface area contributed by atoms with Gasteiger partial charge < -0.3 is 20.0 Å². The lowest BCUT2D eigenvalue weighted by atomic mass is 10.0. The van der Waals surface area contributed by atoms with Crippen molar-refractivity contribution in [3.8, 4) is 5.75 Å². The zero-order chi connectivity index (χ0) is 15.8. The van der Waals surface area contributed by atoms with Crippen LogP contribution in [0.2, 0.25) is 0 Å². The van der Waals surface area contributed by atoms with Crippen LogP contribution in [-0.2, 0) is 9.59 Å². The lowest BCUT2D eigenvalue weighted by Gasteiger charge is -2.20. The molecule has 22 heavy (non-hydrogen) atoms. The predicted molar refractivity (Wildman–Crippen MR) is 78.9 cm³/mol. The maximum Gasteiger partial charge on any atom is 0.258 e. The van der Waals surface area contributed by atoms with E-state index >= 15 is 0 Å². The van der Waals surface area contributed by atoms with Crippen molar-refractivity contribution in [1.82, 2.24) is 5.32 Å². The van der Waals surface area contributed by atoms with Gasteiger partial charge in [0, 0.05) is 12.4 Å². The highest BCUT2D eigenvalue weighted by atomic mass is 16.5. The molecule has 0 spiro atoms. The molecule has 1 N–H and O–H groups in total. The fraction of sp³-hybridized carbons (Fsp3) is 0.176. The van der Waals surface area contributed by atoms with Crippen LogP contribution in [0.1, 0.15) is 18.0 Å². The first-order valence-corrected chi connectivity index (χ1v) is 6.87. The minimum atomic E-state index is -1.22. The van der Waals surface area contributed by atoms with Gasteiger partial charge in [-0.3, -0.25) is 4.79 Å². The first-order valence-electron chi connectivity index (χ1n) is 6.87. The zero-order valence-electron chi connectivity index (χ0n) is 11.9. The Kier molecular flexibility index (Phi) is 5.54. The quantitative estimate of drug-likeness (QED) is 0.829. The van der Waals surface area contributed by atoms with Gasteiger partial charge in [-0.15, -0.1) is 0 Å². The Hall–Kier alpha value is -2.82. The third-order valence-corrected chi connectivity index (χ3v) is 3.02. The molecule has 2 aromatic carbocycles. The van der Waals surface area contributed by atoms with Crippen LogP contribution in [0.25, 0.3) is 0 Å². The molecule has 0 unspecified atom stereocenters. The molecule has 0 aromatic heterocycles. The molecule has 114 valence electrons. The average Bonchev–Trinajstić information content (AvgIpc) is 2.54. The van der Waals surface area contributed by atoms with Crippen molar-refractivity contribution in [2.45, 2.75) is 12.5 Å². The van der Waals surface area contributed by atoms with E-state index in [1.807, 2.05) is 12.1 Å². The highest BCUT2D eigenvalue weighted by Crippen LogP contribution is 2.16. The van der Waals surface area contributed by atoms with Crippen LogP contribution < -0.4 is 15.2 Å². The van der Waals surface area contributed by atoms with Crippen LogP contribution in [0, 0.1) is 0 Å². The van der Waals surface area contributed by atoms with Crippen molar-refractivity contribution in [2.75, 3.05) is 6.61 Å². The fourth-order valence-corrected chi connectivity index (χ4v) is 2.01. The van der Waals surface area contributed by atoms with E-state index < -0.39 is 12.0 Å². The molecule has 0 saturated carbocycles. The van der Waals surface area contributed by atoms with E-state index in [9.17, 15) is 14.7 Å². The van der Waals surface area contributed by atoms with Crippen LogP contribution in [0.3, 0.4) is 0 Å². The highest BCUT2D eigenvalue weighted by Gasteiger charge is 2.15. The van der Waals surface area contributed by atoms with Gasteiger partial charge in [0.15, 0.2) is 6.61 Å².